The van der Waals surface area contributed by atoms with Gasteiger partial charge in [0.05, 0.1) is 5.52 Å². The molecule has 1 aromatic carbocycles. The molecule has 0 amide bonds. The smallest absolute Gasteiger partial charge is 0.0714 e. The number of aryl methyl sites for hydroxylation is 3. The number of fused-ring (bicyclic) bond motifs is 2. The predicted octanol–water partition coefficient (Wildman–Crippen LogP) is 4.76. The molecule has 1 N–H and O–H groups in total. The highest BCUT2D eigenvalue weighted by Crippen LogP contribution is 2.32. The number of pyridine rings is 1. The molecule has 0 unspecified atom stereocenters. The Balaban J connectivity index is 1.80. The van der Waals surface area contributed by atoms with Gasteiger partial charge >= 0.3 is 0 Å². The molecule has 0 bridgehead atoms. The molecule has 2 aliphatic carbocycles. The zero-order chi connectivity index (χ0) is 15.8. The summed E-state index contributed by atoms with van der Waals surface area (Å²) in [6.45, 7) is 5.46. The van der Waals surface area contributed by atoms with Gasteiger partial charge in [-0.2, -0.15) is 0 Å². The third-order valence-corrected chi connectivity index (χ3v) is 5.74. The number of aromatic nitrogens is 1. The fourth-order valence-corrected chi connectivity index (χ4v) is 4.63. The van der Waals surface area contributed by atoms with Gasteiger partial charge in [0.2, 0.25) is 0 Å². The Hall–Kier alpha value is -1.41. The fraction of sp³-hybridized carbons (Fsp3) is 0.571. The lowest BCUT2D eigenvalue weighted by Gasteiger charge is -2.23. The van der Waals surface area contributed by atoms with Crippen LogP contribution in [0.1, 0.15) is 66.5 Å². The second-order valence-electron chi connectivity index (χ2n) is 7.56. The lowest BCUT2D eigenvalue weighted by molar-refractivity contribution is 0.521. The van der Waals surface area contributed by atoms with Crippen molar-refractivity contribution >= 4 is 10.9 Å². The van der Waals surface area contributed by atoms with Crippen LogP contribution >= 0.6 is 0 Å². The molecule has 1 saturated carbocycles. The van der Waals surface area contributed by atoms with Crippen molar-refractivity contribution < 1.29 is 0 Å². The lowest BCUT2D eigenvalue weighted by Crippen LogP contribution is -2.26. The van der Waals surface area contributed by atoms with Gasteiger partial charge in [0.1, 0.15) is 0 Å². The van der Waals surface area contributed by atoms with Crippen LogP contribution in [0.5, 0.6) is 0 Å². The summed E-state index contributed by atoms with van der Waals surface area (Å²) >= 11 is 0. The number of hydrogen-bond acceptors (Lipinski definition) is 2. The third-order valence-electron chi connectivity index (χ3n) is 5.74. The second-order valence-corrected chi connectivity index (χ2v) is 7.56. The molecule has 122 valence electrons. The average molecular weight is 308 g/mol. The summed E-state index contributed by atoms with van der Waals surface area (Å²) in [7, 11) is 0. The number of nitrogens with zero attached hydrogens (tertiary/aromatic N) is 1. The van der Waals surface area contributed by atoms with E-state index in [9.17, 15) is 0 Å². The molecule has 4 rings (SSSR count). The lowest BCUT2D eigenvalue weighted by atomic mass is 9.88. The van der Waals surface area contributed by atoms with Gasteiger partial charge in [-0.15, -0.1) is 0 Å². The predicted molar refractivity (Wildman–Crippen MR) is 97.0 cm³/mol. The zero-order valence-corrected chi connectivity index (χ0v) is 14.5. The molecule has 2 aromatic rings. The van der Waals surface area contributed by atoms with Gasteiger partial charge in [0.25, 0.3) is 0 Å². The second kappa shape index (κ2) is 6.24. The quantitative estimate of drug-likeness (QED) is 0.884. The molecule has 2 aliphatic rings. The highest BCUT2D eigenvalue weighted by Gasteiger charge is 2.21. The molecule has 1 aromatic heterocycles. The fourth-order valence-electron chi connectivity index (χ4n) is 4.63. The van der Waals surface area contributed by atoms with E-state index >= 15 is 0 Å². The first-order valence-electron chi connectivity index (χ1n) is 9.37. The van der Waals surface area contributed by atoms with Crippen molar-refractivity contribution in [3.63, 3.8) is 0 Å². The monoisotopic (exact) mass is 308 g/mol. The van der Waals surface area contributed by atoms with E-state index in [-0.39, 0.29) is 0 Å². The van der Waals surface area contributed by atoms with Crippen molar-refractivity contribution in [1.82, 2.24) is 10.3 Å². The van der Waals surface area contributed by atoms with Crippen LogP contribution < -0.4 is 5.32 Å². The largest absolute Gasteiger partial charge is 0.310 e. The van der Waals surface area contributed by atoms with Gasteiger partial charge in [0, 0.05) is 23.7 Å². The van der Waals surface area contributed by atoms with E-state index in [0.29, 0.717) is 0 Å². The van der Waals surface area contributed by atoms with Gasteiger partial charge in [0.15, 0.2) is 0 Å². The van der Waals surface area contributed by atoms with Crippen LogP contribution in [-0.2, 0) is 19.4 Å². The van der Waals surface area contributed by atoms with Gasteiger partial charge in [-0.25, -0.2) is 0 Å². The van der Waals surface area contributed by atoms with Crippen LogP contribution in [0.3, 0.4) is 0 Å². The van der Waals surface area contributed by atoms with Crippen LogP contribution in [0.25, 0.3) is 10.9 Å². The minimum Gasteiger partial charge on any atom is -0.310 e. The van der Waals surface area contributed by atoms with Gasteiger partial charge in [-0.1, -0.05) is 18.9 Å². The Morgan fingerprint density at radius 3 is 2.65 bits per heavy atom. The highest BCUT2D eigenvalue weighted by atomic mass is 14.9. The summed E-state index contributed by atoms with van der Waals surface area (Å²) in [6.07, 6.45) is 10.5. The van der Waals surface area contributed by atoms with Crippen molar-refractivity contribution in [2.75, 3.05) is 0 Å². The van der Waals surface area contributed by atoms with E-state index in [2.05, 4.69) is 31.3 Å². The number of hydrogen-bond donors (Lipinski definition) is 1. The Morgan fingerprint density at radius 1 is 1.04 bits per heavy atom. The van der Waals surface area contributed by atoms with Crippen LogP contribution in [0.2, 0.25) is 0 Å². The summed E-state index contributed by atoms with van der Waals surface area (Å²) in [5.41, 5.74) is 8.41. The van der Waals surface area contributed by atoms with E-state index < -0.39 is 0 Å². The molecule has 2 nitrogen and oxygen atoms in total. The van der Waals surface area contributed by atoms with Crippen molar-refractivity contribution in [1.29, 1.82) is 0 Å². The highest BCUT2D eigenvalue weighted by molar-refractivity contribution is 5.87. The Kier molecular flexibility index (Phi) is 4.11. The number of rotatable bonds is 3. The van der Waals surface area contributed by atoms with Crippen molar-refractivity contribution in [2.24, 2.45) is 0 Å². The van der Waals surface area contributed by atoms with Crippen molar-refractivity contribution in [3.8, 4) is 0 Å². The Morgan fingerprint density at radius 2 is 1.83 bits per heavy atom. The standard InChI is InChI=1S/C21H28N2/c1-14-11-15(2)21-18(13-22-16-7-3-4-8-16)17-9-5-6-10-19(17)23-20(21)12-14/h11-12,16,22H,3-10,13H2,1-2H3. The van der Waals surface area contributed by atoms with E-state index in [1.54, 1.807) is 11.1 Å². The molecular weight excluding hydrogens is 280 g/mol. The maximum atomic E-state index is 5.05. The molecule has 0 atom stereocenters. The summed E-state index contributed by atoms with van der Waals surface area (Å²) in [6, 6.07) is 5.32. The molecule has 0 radical (unpaired) electrons. The minimum absolute atomic E-state index is 0.725. The molecule has 1 heterocycles. The summed E-state index contributed by atoms with van der Waals surface area (Å²) in [4.78, 5) is 5.05. The summed E-state index contributed by atoms with van der Waals surface area (Å²) in [5, 5.41) is 5.27. The van der Waals surface area contributed by atoms with Gasteiger partial charge in [-0.3, -0.25) is 4.98 Å². The molecule has 2 heteroatoms. The molecule has 0 aliphatic heterocycles. The zero-order valence-electron chi connectivity index (χ0n) is 14.5. The SMILES string of the molecule is Cc1cc(C)c2c(CNC3CCCC3)c3c(nc2c1)CCCC3. The van der Waals surface area contributed by atoms with E-state index in [1.165, 1.54) is 72.7 Å². The van der Waals surface area contributed by atoms with E-state index in [0.717, 1.165) is 19.0 Å². The first-order valence-corrected chi connectivity index (χ1v) is 9.37. The minimum atomic E-state index is 0.725. The van der Waals surface area contributed by atoms with Crippen LogP contribution in [0.15, 0.2) is 12.1 Å². The molecule has 0 spiro atoms. The van der Waals surface area contributed by atoms with Gasteiger partial charge in [-0.05, 0) is 80.7 Å². The topological polar surface area (TPSA) is 24.9 Å². The normalized spacial score (nSPS) is 18.5. The maximum Gasteiger partial charge on any atom is 0.0714 e. The molecular formula is C21H28N2. The van der Waals surface area contributed by atoms with E-state index in [4.69, 9.17) is 4.98 Å². The van der Waals surface area contributed by atoms with Crippen LogP contribution in [0.4, 0.5) is 0 Å². The van der Waals surface area contributed by atoms with Crippen LogP contribution in [-0.4, -0.2) is 11.0 Å². The Labute approximate surface area is 139 Å². The average Bonchev–Trinajstić information content (AvgIpc) is 3.04. The molecule has 23 heavy (non-hydrogen) atoms. The van der Waals surface area contributed by atoms with Crippen molar-refractivity contribution in [3.05, 3.63) is 40.1 Å². The first-order chi connectivity index (χ1) is 11.2. The Bertz CT molecular complexity index is 726. The summed E-state index contributed by atoms with van der Waals surface area (Å²) < 4.78 is 0. The molecule has 1 fully saturated rings. The number of nitrogens with one attached hydrogen (secondary N) is 1. The third kappa shape index (κ3) is 2.89. The summed E-state index contributed by atoms with van der Waals surface area (Å²) in [5.74, 6) is 0. The van der Waals surface area contributed by atoms with Crippen LogP contribution in [0, 0.1) is 13.8 Å². The van der Waals surface area contributed by atoms with Gasteiger partial charge < -0.3 is 5.32 Å². The van der Waals surface area contributed by atoms with Crippen molar-refractivity contribution in [2.45, 2.75) is 77.8 Å². The number of benzene rings is 1. The first kappa shape index (κ1) is 15.1. The maximum absolute atomic E-state index is 5.05. The molecule has 0 saturated heterocycles. The van der Waals surface area contributed by atoms with E-state index in [1.807, 2.05) is 0 Å².